The van der Waals surface area contributed by atoms with Crippen LogP contribution < -0.4 is 0 Å². The number of carbonyl (C=O) groups is 1. The molecule has 0 amide bonds. The van der Waals surface area contributed by atoms with Crippen LogP contribution >= 0.6 is 0 Å². The summed E-state index contributed by atoms with van der Waals surface area (Å²) in [6.45, 7) is 0. The van der Waals surface area contributed by atoms with Gasteiger partial charge in [-0.1, -0.05) is 25.7 Å². The topological polar surface area (TPSA) is 26.3 Å². The third-order valence-corrected chi connectivity index (χ3v) is 4.48. The molecule has 2 heterocycles. The molecule has 3 rings (SSSR count). The fourth-order valence-corrected chi connectivity index (χ4v) is 3.63. The lowest BCUT2D eigenvalue weighted by Gasteiger charge is -2.18. The smallest absolute Gasteiger partial charge is 0.138 e. The molecule has 3 fully saturated rings. The highest BCUT2D eigenvalue weighted by molar-refractivity contribution is 5.82. The molecule has 0 N–H and O–H groups in total. The summed E-state index contributed by atoms with van der Waals surface area (Å²) in [7, 11) is 0. The molecule has 3 aliphatic rings. The molecule has 2 heteroatoms. The van der Waals surface area contributed by atoms with Crippen molar-refractivity contribution in [2.24, 2.45) is 11.8 Å². The van der Waals surface area contributed by atoms with Gasteiger partial charge in [0, 0.05) is 12.3 Å². The maximum Gasteiger partial charge on any atom is 0.138 e. The molecular weight excluding hydrogens is 188 g/mol. The quantitative estimate of drug-likeness (QED) is 0.712. The maximum absolute atomic E-state index is 12.1. The lowest BCUT2D eigenvalue weighted by atomic mass is 9.83. The van der Waals surface area contributed by atoms with Gasteiger partial charge in [0.2, 0.25) is 0 Å². The second-order valence-corrected chi connectivity index (χ2v) is 5.54. The second kappa shape index (κ2) is 3.89. The summed E-state index contributed by atoms with van der Waals surface area (Å²) >= 11 is 0. The molecule has 15 heavy (non-hydrogen) atoms. The molecule has 2 saturated heterocycles. The first-order valence-electron chi connectivity index (χ1n) is 6.51. The van der Waals surface area contributed by atoms with E-state index in [-0.39, 0.29) is 5.92 Å². The first kappa shape index (κ1) is 9.83. The molecule has 0 spiro atoms. The second-order valence-electron chi connectivity index (χ2n) is 5.54. The number of hydrogen-bond acceptors (Lipinski definition) is 2. The Morgan fingerprint density at radius 3 is 2.53 bits per heavy atom. The summed E-state index contributed by atoms with van der Waals surface area (Å²) in [5.41, 5.74) is 0. The predicted molar refractivity (Wildman–Crippen MR) is 57.6 cm³/mol. The van der Waals surface area contributed by atoms with E-state index in [0.717, 1.165) is 19.3 Å². The summed E-state index contributed by atoms with van der Waals surface area (Å²) in [5, 5.41) is 0. The van der Waals surface area contributed by atoms with Gasteiger partial charge in [-0.05, 0) is 25.2 Å². The summed E-state index contributed by atoms with van der Waals surface area (Å²) in [6.07, 6.45) is 10.2. The number of carbonyl (C=O) groups excluding carboxylic acids is 1. The number of ketones is 1. The van der Waals surface area contributed by atoms with E-state index in [9.17, 15) is 4.79 Å². The third kappa shape index (κ3) is 1.84. The molecule has 1 aliphatic carbocycles. The average Bonchev–Trinajstić information content (AvgIpc) is 2.93. The molecule has 3 unspecified atom stereocenters. The SMILES string of the molecule is O=C(CC1CCCC1)C1CC2CCC1O2. The van der Waals surface area contributed by atoms with Gasteiger partial charge in [-0.15, -0.1) is 0 Å². The Labute approximate surface area is 91.4 Å². The van der Waals surface area contributed by atoms with Gasteiger partial charge in [-0.2, -0.15) is 0 Å². The fourth-order valence-electron chi connectivity index (χ4n) is 3.63. The van der Waals surface area contributed by atoms with Crippen LogP contribution in [0.2, 0.25) is 0 Å². The van der Waals surface area contributed by atoms with Crippen molar-refractivity contribution in [3.8, 4) is 0 Å². The zero-order valence-corrected chi connectivity index (χ0v) is 9.28. The summed E-state index contributed by atoms with van der Waals surface area (Å²) in [6, 6.07) is 0. The number of hydrogen-bond donors (Lipinski definition) is 0. The number of fused-ring (bicyclic) bond motifs is 2. The van der Waals surface area contributed by atoms with Gasteiger partial charge in [0.25, 0.3) is 0 Å². The molecule has 0 radical (unpaired) electrons. The van der Waals surface area contributed by atoms with Crippen molar-refractivity contribution in [2.45, 2.75) is 63.6 Å². The van der Waals surface area contributed by atoms with Crippen LogP contribution in [0.4, 0.5) is 0 Å². The standard InChI is InChI=1S/C13H20O2/c14-12(7-9-3-1-2-4-9)11-8-10-5-6-13(11)15-10/h9-11,13H,1-8H2. The van der Waals surface area contributed by atoms with Crippen LogP contribution in [-0.2, 0) is 9.53 Å². The van der Waals surface area contributed by atoms with Crippen LogP contribution in [0.25, 0.3) is 0 Å². The van der Waals surface area contributed by atoms with E-state index >= 15 is 0 Å². The summed E-state index contributed by atoms with van der Waals surface area (Å²) in [5.74, 6) is 1.48. The monoisotopic (exact) mass is 208 g/mol. The number of rotatable bonds is 3. The molecule has 0 aromatic heterocycles. The number of Topliss-reactive ketones (excluding diaryl/α,β-unsaturated/α-hetero) is 1. The van der Waals surface area contributed by atoms with E-state index in [1.165, 1.54) is 32.1 Å². The van der Waals surface area contributed by atoms with Crippen LogP contribution in [0.1, 0.15) is 51.4 Å². The number of ether oxygens (including phenoxy) is 1. The summed E-state index contributed by atoms with van der Waals surface area (Å²) < 4.78 is 5.75. The van der Waals surface area contributed by atoms with Crippen molar-refractivity contribution in [2.75, 3.05) is 0 Å². The van der Waals surface area contributed by atoms with Gasteiger partial charge < -0.3 is 4.74 Å². The van der Waals surface area contributed by atoms with Crippen molar-refractivity contribution < 1.29 is 9.53 Å². The Balaban J connectivity index is 1.56. The largest absolute Gasteiger partial charge is 0.374 e. The van der Waals surface area contributed by atoms with Crippen molar-refractivity contribution in [1.29, 1.82) is 0 Å². The highest BCUT2D eigenvalue weighted by Gasteiger charge is 2.44. The van der Waals surface area contributed by atoms with Gasteiger partial charge in [0.05, 0.1) is 12.2 Å². The molecule has 3 atom stereocenters. The zero-order chi connectivity index (χ0) is 10.3. The van der Waals surface area contributed by atoms with Crippen LogP contribution in [0.5, 0.6) is 0 Å². The van der Waals surface area contributed by atoms with Crippen molar-refractivity contribution in [1.82, 2.24) is 0 Å². The van der Waals surface area contributed by atoms with E-state index in [4.69, 9.17) is 4.74 Å². The van der Waals surface area contributed by atoms with Crippen molar-refractivity contribution >= 4 is 5.78 Å². The molecule has 0 aromatic carbocycles. The lowest BCUT2D eigenvalue weighted by Crippen LogP contribution is -2.26. The highest BCUT2D eigenvalue weighted by Crippen LogP contribution is 2.41. The van der Waals surface area contributed by atoms with Crippen LogP contribution in [-0.4, -0.2) is 18.0 Å². The zero-order valence-electron chi connectivity index (χ0n) is 9.28. The molecule has 2 nitrogen and oxygen atoms in total. The van der Waals surface area contributed by atoms with Crippen molar-refractivity contribution in [3.05, 3.63) is 0 Å². The van der Waals surface area contributed by atoms with Crippen LogP contribution in [0, 0.1) is 11.8 Å². The minimum Gasteiger partial charge on any atom is -0.374 e. The lowest BCUT2D eigenvalue weighted by molar-refractivity contribution is -0.125. The van der Waals surface area contributed by atoms with E-state index in [1.54, 1.807) is 0 Å². The van der Waals surface area contributed by atoms with E-state index in [2.05, 4.69) is 0 Å². The molecule has 2 aliphatic heterocycles. The van der Waals surface area contributed by atoms with Gasteiger partial charge in [-0.25, -0.2) is 0 Å². The Hall–Kier alpha value is -0.370. The van der Waals surface area contributed by atoms with E-state index in [0.29, 0.717) is 23.9 Å². The van der Waals surface area contributed by atoms with Gasteiger partial charge in [0.15, 0.2) is 0 Å². The minimum atomic E-state index is 0.268. The molecule has 2 bridgehead atoms. The third-order valence-electron chi connectivity index (χ3n) is 4.48. The van der Waals surface area contributed by atoms with Crippen LogP contribution in [0.15, 0.2) is 0 Å². The van der Waals surface area contributed by atoms with Gasteiger partial charge >= 0.3 is 0 Å². The Morgan fingerprint density at radius 1 is 1.13 bits per heavy atom. The Morgan fingerprint density at radius 2 is 1.93 bits per heavy atom. The summed E-state index contributed by atoms with van der Waals surface area (Å²) in [4.78, 5) is 12.1. The van der Waals surface area contributed by atoms with Gasteiger partial charge in [0.1, 0.15) is 5.78 Å². The minimum absolute atomic E-state index is 0.268. The first-order valence-corrected chi connectivity index (χ1v) is 6.51. The van der Waals surface area contributed by atoms with E-state index in [1.807, 2.05) is 0 Å². The van der Waals surface area contributed by atoms with Crippen molar-refractivity contribution in [3.63, 3.8) is 0 Å². The molecule has 1 saturated carbocycles. The molecule has 0 aromatic rings. The van der Waals surface area contributed by atoms with E-state index < -0.39 is 0 Å². The first-order chi connectivity index (χ1) is 7.33. The van der Waals surface area contributed by atoms with Crippen LogP contribution in [0.3, 0.4) is 0 Å². The fraction of sp³-hybridized carbons (Fsp3) is 0.923. The Kier molecular flexibility index (Phi) is 2.55. The Bertz CT molecular complexity index is 255. The molecular formula is C13H20O2. The maximum atomic E-state index is 12.1. The predicted octanol–water partition coefficient (Wildman–Crippen LogP) is 2.70. The highest BCUT2D eigenvalue weighted by atomic mass is 16.5. The molecule has 84 valence electrons. The normalized spacial score (nSPS) is 40.1. The van der Waals surface area contributed by atoms with Gasteiger partial charge in [-0.3, -0.25) is 4.79 Å². The average molecular weight is 208 g/mol.